The zero-order chi connectivity index (χ0) is 19.1. The number of rotatable bonds is 3. The van der Waals surface area contributed by atoms with Gasteiger partial charge in [0.05, 0.1) is 17.4 Å². The van der Waals surface area contributed by atoms with E-state index in [9.17, 15) is 17.6 Å². The summed E-state index contributed by atoms with van der Waals surface area (Å²) in [4.78, 5) is 20.4. The van der Waals surface area contributed by atoms with Gasteiger partial charge in [-0.25, -0.2) is 17.1 Å². The number of halogens is 1. The first-order valence-electron chi connectivity index (χ1n) is 8.65. The minimum Gasteiger partial charge on any atom is -0.348 e. The van der Waals surface area contributed by atoms with E-state index in [1.165, 1.54) is 15.4 Å². The maximum atomic E-state index is 14.0. The van der Waals surface area contributed by atoms with Gasteiger partial charge in [0.2, 0.25) is 15.9 Å². The fourth-order valence-electron chi connectivity index (χ4n) is 4.26. The van der Waals surface area contributed by atoms with Gasteiger partial charge in [0, 0.05) is 58.6 Å². The standard InChI is InChI=1S/C17H25FN4O3S/c1-20(2)16(23)17-6-9-26(24,25)21(3)15(17)5-8-22(12-17)11-13-4-7-19-10-14(13)18/h4,7,10,15H,5-6,8-9,11-12H2,1-3H3/t15-,17+/m1/s1. The number of amides is 1. The van der Waals surface area contributed by atoms with Gasteiger partial charge in [-0.1, -0.05) is 0 Å². The van der Waals surface area contributed by atoms with Crippen LogP contribution in [0.1, 0.15) is 18.4 Å². The molecule has 0 bridgehead atoms. The van der Waals surface area contributed by atoms with E-state index in [1.54, 1.807) is 33.4 Å². The number of aromatic nitrogens is 1. The second kappa shape index (κ2) is 6.86. The number of sulfonamides is 1. The van der Waals surface area contributed by atoms with E-state index in [-0.39, 0.29) is 29.9 Å². The number of fused-ring (bicyclic) bond motifs is 1. The summed E-state index contributed by atoms with van der Waals surface area (Å²) in [5.41, 5.74) is -0.270. The molecule has 0 aliphatic carbocycles. The van der Waals surface area contributed by atoms with Crippen LogP contribution in [0.3, 0.4) is 0 Å². The summed E-state index contributed by atoms with van der Waals surface area (Å²) in [5, 5.41) is 0. The maximum absolute atomic E-state index is 14.0. The van der Waals surface area contributed by atoms with Crippen LogP contribution >= 0.6 is 0 Å². The minimum atomic E-state index is -3.34. The average Bonchev–Trinajstić information content (AvgIpc) is 2.60. The lowest BCUT2D eigenvalue weighted by atomic mass is 9.72. The summed E-state index contributed by atoms with van der Waals surface area (Å²) in [7, 11) is 1.61. The Morgan fingerprint density at radius 1 is 1.46 bits per heavy atom. The number of carbonyl (C=O) groups is 1. The Balaban J connectivity index is 1.91. The molecule has 0 saturated carbocycles. The van der Waals surface area contributed by atoms with Crippen molar-refractivity contribution >= 4 is 15.9 Å². The molecule has 0 spiro atoms. The number of nitrogens with zero attached hydrogens (tertiary/aromatic N) is 4. The molecule has 0 aromatic carbocycles. The number of pyridine rings is 1. The third-order valence-corrected chi connectivity index (χ3v) is 7.48. The molecular formula is C17H25FN4O3S. The van der Waals surface area contributed by atoms with Gasteiger partial charge in [-0.15, -0.1) is 0 Å². The van der Waals surface area contributed by atoms with Crippen LogP contribution in [0.2, 0.25) is 0 Å². The second-order valence-electron chi connectivity index (χ2n) is 7.42. The molecule has 1 aromatic heterocycles. The monoisotopic (exact) mass is 384 g/mol. The van der Waals surface area contributed by atoms with Crippen molar-refractivity contribution < 1.29 is 17.6 Å². The topological polar surface area (TPSA) is 73.8 Å². The lowest BCUT2D eigenvalue weighted by molar-refractivity contribution is -0.148. The number of hydrogen-bond donors (Lipinski definition) is 0. The quantitative estimate of drug-likeness (QED) is 0.760. The Kier molecular flexibility index (Phi) is 5.06. The minimum absolute atomic E-state index is 0.0446. The van der Waals surface area contributed by atoms with E-state index in [0.717, 1.165) is 0 Å². The third kappa shape index (κ3) is 3.23. The SMILES string of the molecule is CN(C)C(=O)[C@]12CCS(=O)(=O)N(C)[C@@H]1CCN(Cc1ccncc1F)C2. The summed E-state index contributed by atoms with van der Waals surface area (Å²) in [5.74, 6) is -0.480. The highest BCUT2D eigenvalue weighted by molar-refractivity contribution is 7.89. The molecule has 2 aliphatic rings. The van der Waals surface area contributed by atoms with Crippen molar-refractivity contribution in [2.45, 2.75) is 25.4 Å². The maximum Gasteiger partial charge on any atom is 0.231 e. The predicted molar refractivity (Wildman–Crippen MR) is 95.2 cm³/mol. The average molecular weight is 384 g/mol. The van der Waals surface area contributed by atoms with E-state index in [2.05, 4.69) is 4.98 Å². The molecule has 3 heterocycles. The fraction of sp³-hybridized carbons (Fsp3) is 0.647. The van der Waals surface area contributed by atoms with Gasteiger partial charge >= 0.3 is 0 Å². The van der Waals surface area contributed by atoms with Crippen LogP contribution in [0.15, 0.2) is 18.5 Å². The summed E-state index contributed by atoms with van der Waals surface area (Å²) in [6, 6.07) is 1.27. The Bertz CT molecular complexity index is 801. The van der Waals surface area contributed by atoms with Crippen molar-refractivity contribution in [1.29, 1.82) is 0 Å². The smallest absolute Gasteiger partial charge is 0.231 e. The van der Waals surface area contributed by atoms with E-state index in [4.69, 9.17) is 0 Å². The Hall–Kier alpha value is -1.58. The number of hydrogen-bond acceptors (Lipinski definition) is 5. The molecule has 26 heavy (non-hydrogen) atoms. The second-order valence-corrected chi connectivity index (χ2v) is 9.57. The first-order chi connectivity index (χ1) is 12.2. The Morgan fingerprint density at radius 2 is 2.19 bits per heavy atom. The highest BCUT2D eigenvalue weighted by Gasteiger charge is 2.56. The number of likely N-dealkylation sites (tertiary alicyclic amines) is 1. The summed E-state index contributed by atoms with van der Waals surface area (Å²) >= 11 is 0. The molecule has 9 heteroatoms. The largest absolute Gasteiger partial charge is 0.348 e. The van der Waals surface area contributed by atoms with Gasteiger partial charge in [0.25, 0.3) is 0 Å². The molecule has 0 N–H and O–H groups in total. The summed E-state index contributed by atoms with van der Waals surface area (Å²) < 4.78 is 40.0. The first-order valence-corrected chi connectivity index (χ1v) is 10.3. The van der Waals surface area contributed by atoms with Crippen LogP contribution in [-0.2, 0) is 21.4 Å². The van der Waals surface area contributed by atoms with E-state index in [0.29, 0.717) is 31.6 Å². The Labute approximate surface area is 153 Å². The molecule has 3 rings (SSSR count). The molecule has 144 valence electrons. The molecule has 2 aliphatic heterocycles. The molecule has 0 unspecified atom stereocenters. The van der Waals surface area contributed by atoms with Gasteiger partial charge in [-0.2, -0.15) is 0 Å². The Morgan fingerprint density at radius 3 is 2.85 bits per heavy atom. The summed E-state index contributed by atoms with van der Waals surface area (Å²) in [6.45, 7) is 1.39. The normalized spacial score (nSPS) is 29.2. The lowest BCUT2D eigenvalue weighted by Gasteiger charge is -2.53. The number of piperidine rings is 1. The van der Waals surface area contributed by atoms with Crippen LogP contribution in [0.5, 0.6) is 0 Å². The summed E-state index contributed by atoms with van der Waals surface area (Å²) in [6.07, 6.45) is 3.56. The van der Waals surface area contributed by atoms with Gasteiger partial charge in [0.15, 0.2) is 0 Å². The van der Waals surface area contributed by atoms with Crippen molar-refractivity contribution in [3.63, 3.8) is 0 Å². The van der Waals surface area contributed by atoms with E-state index >= 15 is 0 Å². The fourth-order valence-corrected chi connectivity index (χ4v) is 5.86. The molecule has 2 saturated heterocycles. The van der Waals surface area contributed by atoms with E-state index < -0.39 is 15.4 Å². The van der Waals surface area contributed by atoms with Crippen LogP contribution in [0.4, 0.5) is 4.39 Å². The van der Waals surface area contributed by atoms with Crippen LogP contribution in [0.25, 0.3) is 0 Å². The first kappa shape index (κ1) is 19.2. The third-order valence-electron chi connectivity index (χ3n) is 5.63. The highest BCUT2D eigenvalue weighted by Crippen LogP contribution is 2.43. The molecule has 1 aromatic rings. The van der Waals surface area contributed by atoms with Crippen molar-refractivity contribution in [1.82, 2.24) is 19.1 Å². The lowest BCUT2D eigenvalue weighted by Crippen LogP contribution is -2.66. The molecular weight excluding hydrogens is 359 g/mol. The zero-order valence-corrected chi connectivity index (χ0v) is 16.2. The highest BCUT2D eigenvalue weighted by atomic mass is 32.2. The van der Waals surface area contributed by atoms with Gasteiger partial charge in [0.1, 0.15) is 5.82 Å². The van der Waals surface area contributed by atoms with Crippen LogP contribution in [-0.4, -0.2) is 79.4 Å². The van der Waals surface area contributed by atoms with E-state index in [1.807, 2.05) is 4.90 Å². The number of carbonyl (C=O) groups excluding carboxylic acids is 1. The molecule has 1 amide bonds. The van der Waals surface area contributed by atoms with Crippen molar-refractivity contribution in [2.24, 2.45) is 5.41 Å². The van der Waals surface area contributed by atoms with Gasteiger partial charge in [-0.05, 0) is 18.9 Å². The zero-order valence-electron chi connectivity index (χ0n) is 15.4. The molecule has 0 radical (unpaired) electrons. The van der Waals surface area contributed by atoms with Crippen molar-refractivity contribution in [2.75, 3.05) is 40.0 Å². The van der Waals surface area contributed by atoms with Crippen LogP contribution in [0, 0.1) is 11.2 Å². The molecule has 2 fully saturated rings. The van der Waals surface area contributed by atoms with Gasteiger partial charge in [-0.3, -0.25) is 14.7 Å². The molecule has 2 atom stereocenters. The van der Waals surface area contributed by atoms with Crippen LogP contribution < -0.4 is 0 Å². The van der Waals surface area contributed by atoms with Gasteiger partial charge < -0.3 is 4.90 Å². The molecule has 7 nitrogen and oxygen atoms in total. The van der Waals surface area contributed by atoms with Crippen molar-refractivity contribution in [3.05, 3.63) is 29.8 Å². The van der Waals surface area contributed by atoms with Crippen molar-refractivity contribution in [3.8, 4) is 0 Å². The predicted octanol–water partition coefficient (Wildman–Crippen LogP) is 0.535.